The van der Waals surface area contributed by atoms with Crippen LogP contribution in [0.3, 0.4) is 0 Å². The number of carbonyl (C=O) groups excluding carboxylic acids is 1. The quantitative estimate of drug-likeness (QED) is 0.618. The summed E-state index contributed by atoms with van der Waals surface area (Å²) >= 11 is 0. The van der Waals surface area contributed by atoms with E-state index in [0.717, 1.165) is 12.8 Å². The van der Waals surface area contributed by atoms with Crippen LogP contribution in [0.1, 0.15) is 19.8 Å². The molecule has 2 unspecified atom stereocenters. The maximum atomic E-state index is 10.5. The van der Waals surface area contributed by atoms with Crippen molar-refractivity contribution in [2.24, 2.45) is 5.92 Å². The van der Waals surface area contributed by atoms with Gasteiger partial charge in [-0.15, -0.1) is 0 Å². The Morgan fingerprint density at radius 2 is 2.31 bits per heavy atom. The smallest absolute Gasteiger partial charge is 0.302 e. The van der Waals surface area contributed by atoms with E-state index in [2.05, 4.69) is 0 Å². The molecule has 0 aliphatic carbocycles. The summed E-state index contributed by atoms with van der Waals surface area (Å²) in [6.07, 6.45) is 1.79. The fraction of sp³-hybridized carbons (Fsp3) is 0.889. The predicted molar refractivity (Wildman–Crippen MR) is 46.1 cm³/mol. The summed E-state index contributed by atoms with van der Waals surface area (Å²) in [5, 5.41) is 0. The van der Waals surface area contributed by atoms with Crippen LogP contribution in [0, 0.1) is 5.92 Å². The van der Waals surface area contributed by atoms with Crippen molar-refractivity contribution in [3.63, 3.8) is 0 Å². The average molecular weight is 188 g/mol. The van der Waals surface area contributed by atoms with E-state index in [-0.39, 0.29) is 12.3 Å². The molecule has 0 N–H and O–H groups in total. The lowest BCUT2D eigenvalue weighted by molar-refractivity contribution is -0.169. The molecule has 2 atom stereocenters. The Kier molecular flexibility index (Phi) is 4.18. The molecule has 1 saturated heterocycles. The summed E-state index contributed by atoms with van der Waals surface area (Å²) in [6.45, 7) is 2.50. The van der Waals surface area contributed by atoms with Crippen molar-refractivity contribution in [1.29, 1.82) is 0 Å². The van der Waals surface area contributed by atoms with Crippen LogP contribution < -0.4 is 0 Å². The number of methoxy groups -OCH3 is 1. The van der Waals surface area contributed by atoms with Crippen LogP contribution in [0.4, 0.5) is 0 Å². The maximum absolute atomic E-state index is 10.5. The predicted octanol–water partition coefficient (Wildman–Crippen LogP) is 0.949. The molecule has 0 spiro atoms. The number of ether oxygens (including phenoxy) is 3. The summed E-state index contributed by atoms with van der Waals surface area (Å²) < 4.78 is 15.3. The standard InChI is InChI=1S/C9H16O4/c1-7(10)12-5-8-3-4-9(11-2)13-6-8/h8-9H,3-6H2,1-2H3. The first kappa shape index (κ1) is 10.5. The SMILES string of the molecule is COC1CCC(COC(C)=O)CO1. The van der Waals surface area contributed by atoms with Gasteiger partial charge in [0.2, 0.25) is 0 Å². The van der Waals surface area contributed by atoms with Crippen molar-refractivity contribution in [3.05, 3.63) is 0 Å². The van der Waals surface area contributed by atoms with E-state index in [0.29, 0.717) is 19.1 Å². The van der Waals surface area contributed by atoms with E-state index in [1.807, 2.05) is 0 Å². The average Bonchev–Trinajstić information content (AvgIpc) is 2.15. The minimum absolute atomic E-state index is 0.0754. The molecule has 0 aromatic carbocycles. The van der Waals surface area contributed by atoms with E-state index in [4.69, 9.17) is 14.2 Å². The van der Waals surface area contributed by atoms with Gasteiger partial charge in [-0.3, -0.25) is 4.79 Å². The Morgan fingerprint density at radius 1 is 1.54 bits per heavy atom. The Labute approximate surface area is 78.2 Å². The van der Waals surface area contributed by atoms with Gasteiger partial charge in [-0.1, -0.05) is 0 Å². The molecule has 76 valence electrons. The molecular formula is C9H16O4. The van der Waals surface area contributed by atoms with E-state index in [1.165, 1.54) is 6.92 Å². The Balaban J connectivity index is 2.14. The zero-order valence-corrected chi connectivity index (χ0v) is 8.12. The van der Waals surface area contributed by atoms with Gasteiger partial charge in [0.15, 0.2) is 6.29 Å². The third kappa shape index (κ3) is 3.74. The summed E-state index contributed by atoms with van der Waals surface area (Å²) in [5.74, 6) is 0.101. The van der Waals surface area contributed by atoms with E-state index < -0.39 is 0 Å². The molecule has 0 aromatic rings. The number of hydrogen-bond acceptors (Lipinski definition) is 4. The molecule has 13 heavy (non-hydrogen) atoms. The zero-order chi connectivity index (χ0) is 9.68. The van der Waals surface area contributed by atoms with Gasteiger partial charge in [0.05, 0.1) is 13.2 Å². The second kappa shape index (κ2) is 5.19. The van der Waals surface area contributed by atoms with Crippen molar-refractivity contribution in [2.45, 2.75) is 26.1 Å². The molecule has 1 rings (SSSR count). The highest BCUT2D eigenvalue weighted by atomic mass is 16.7. The number of hydrogen-bond donors (Lipinski definition) is 0. The first-order chi connectivity index (χ1) is 6.22. The molecule has 0 bridgehead atoms. The molecule has 1 aliphatic rings. The van der Waals surface area contributed by atoms with Gasteiger partial charge in [0.1, 0.15) is 0 Å². The van der Waals surface area contributed by atoms with Gasteiger partial charge in [-0.2, -0.15) is 0 Å². The number of carbonyl (C=O) groups is 1. The van der Waals surface area contributed by atoms with Crippen LogP contribution in [-0.4, -0.2) is 32.6 Å². The molecule has 0 saturated carbocycles. The summed E-state index contributed by atoms with van der Waals surface area (Å²) in [6, 6.07) is 0. The highest BCUT2D eigenvalue weighted by Crippen LogP contribution is 2.19. The lowest BCUT2D eigenvalue weighted by Crippen LogP contribution is -2.30. The summed E-state index contributed by atoms with van der Waals surface area (Å²) in [4.78, 5) is 10.5. The molecular weight excluding hydrogens is 172 g/mol. The van der Waals surface area contributed by atoms with E-state index >= 15 is 0 Å². The van der Waals surface area contributed by atoms with E-state index in [9.17, 15) is 4.79 Å². The maximum Gasteiger partial charge on any atom is 0.302 e. The van der Waals surface area contributed by atoms with Crippen molar-refractivity contribution >= 4 is 5.97 Å². The highest BCUT2D eigenvalue weighted by molar-refractivity contribution is 5.65. The fourth-order valence-electron chi connectivity index (χ4n) is 1.33. The molecule has 1 heterocycles. The first-order valence-corrected chi connectivity index (χ1v) is 4.50. The van der Waals surface area contributed by atoms with Crippen molar-refractivity contribution in [1.82, 2.24) is 0 Å². The van der Waals surface area contributed by atoms with Gasteiger partial charge < -0.3 is 14.2 Å². The lowest BCUT2D eigenvalue weighted by atomic mass is 10.0. The third-order valence-corrected chi connectivity index (χ3v) is 2.11. The van der Waals surface area contributed by atoms with Crippen LogP contribution in [0.2, 0.25) is 0 Å². The third-order valence-electron chi connectivity index (χ3n) is 2.11. The van der Waals surface area contributed by atoms with Gasteiger partial charge >= 0.3 is 5.97 Å². The molecule has 1 fully saturated rings. The second-order valence-electron chi connectivity index (χ2n) is 3.24. The lowest BCUT2D eigenvalue weighted by Gasteiger charge is -2.27. The highest BCUT2D eigenvalue weighted by Gasteiger charge is 2.21. The van der Waals surface area contributed by atoms with Crippen LogP contribution in [0.5, 0.6) is 0 Å². The molecule has 0 aromatic heterocycles. The number of esters is 1. The van der Waals surface area contributed by atoms with E-state index in [1.54, 1.807) is 7.11 Å². The monoisotopic (exact) mass is 188 g/mol. The molecule has 1 aliphatic heterocycles. The number of rotatable bonds is 3. The summed E-state index contributed by atoms with van der Waals surface area (Å²) in [7, 11) is 1.64. The van der Waals surface area contributed by atoms with Crippen molar-refractivity contribution in [3.8, 4) is 0 Å². The van der Waals surface area contributed by atoms with Crippen LogP contribution in [0.15, 0.2) is 0 Å². The van der Waals surface area contributed by atoms with Gasteiger partial charge in [0, 0.05) is 20.0 Å². The van der Waals surface area contributed by atoms with Crippen molar-refractivity contribution in [2.75, 3.05) is 20.3 Å². The molecule has 0 radical (unpaired) electrons. The largest absolute Gasteiger partial charge is 0.465 e. The van der Waals surface area contributed by atoms with Crippen LogP contribution in [0.25, 0.3) is 0 Å². The Hall–Kier alpha value is -0.610. The molecule has 0 amide bonds. The van der Waals surface area contributed by atoms with Crippen LogP contribution >= 0.6 is 0 Å². The van der Waals surface area contributed by atoms with Gasteiger partial charge in [-0.25, -0.2) is 0 Å². The van der Waals surface area contributed by atoms with Crippen LogP contribution in [-0.2, 0) is 19.0 Å². The Bertz CT molecular complexity index is 161. The topological polar surface area (TPSA) is 44.8 Å². The normalized spacial score (nSPS) is 28.5. The van der Waals surface area contributed by atoms with Gasteiger partial charge in [-0.05, 0) is 12.8 Å². The summed E-state index contributed by atoms with van der Waals surface area (Å²) in [5.41, 5.74) is 0. The zero-order valence-electron chi connectivity index (χ0n) is 8.12. The minimum Gasteiger partial charge on any atom is -0.465 e. The molecule has 4 nitrogen and oxygen atoms in total. The second-order valence-corrected chi connectivity index (χ2v) is 3.24. The first-order valence-electron chi connectivity index (χ1n) is 4.50. The van der Waals surface area contributed by atoms with Crippen molar-refractivity contribution < 1.29 is 19.0 Å². The molecule has 4 heteroatoms. The van der Waals surface area contributed by atoms with Gasteiger partial charge in [0.25, 0.3) is 0 Å². The Morgan fingerprint density at radius 3 is 2.77 bits per heavy atom. The fourth-order valence-corrected chi connectivity index (χ4v) is 1.33. The minimum atomic E-state index is -0.228.